The molecular formula is C17H25ClN4O. The lowest BCUT2D eigenvalue weighted by Gasteiger charge is -2.13. The van der Waals surface area contributed by atoms with Crippen LogP contribution >= 0.6 is 12.4 Å². The first kappa shape index (κ1) is 19.2. The number of carbonyl (C=O) groups excluding carboxylic acids is 1. The Morgan fingerprint density at radius 1 is 1.26 bits per heavy atom. The third kappa shape index (κ3) is 5.08. The number of rotatable bonds is 6. The molecule has 23 heavy (non-hydrogen) atoms. The second-order valence-corrected chi connectivity index (χ2v) is 5.55. The van der Waals surface area contributed by atoms with Crippen LogP contribution in [0, 0.1) is 13.8 Å². The number of hydrogen-bond donors (Lipinski definition) is 2. The molecule has 0 saturated heterocycles. The molecule has 1 aromatic heterocycles. The molecule has 0 aliphatic heterocycles. The SMILES string of the molecule is CCN[C@H](C)CNC(=O)c1ccc(-n2nc(C)cc2C)cc1.Cl. The van der Waals surface area contributed by atoms with Crippen LogP contribution in [-0.2, 0) is 0 Å². The molecule has 1 heterocycles. The first-order chi connectivity index (χ1) is 10.5. The van der Waals surface area contributed by atoms with Gasteiger partial charge in [0.15, 0.2) is 0 Å². The van der Waals surface area contributed by atoms with E-state index in [0.717, 1.165) is 23.6 Å². The summed E-state index contributed by atoms with van der Waals surface area (Å²) in [7, 11) is 0. The fourth-order valence-electron chi connectivity index (χ4n) is 2.41. The predicted octanol–water partition coefficient (Wildman–Crippen LogP) is 2.64. The maximum Gasteiger partial charge on any atom is 0.251 e. The monoisotopic (exact) mass is 336 g/mol. The van der Waals surface area contributed by atoms with Gasteiger partial charge in [-0.3, -0.25) is 4.79 Å². The Morgan fingerprint density at radius 3 is 2.43 bits per heavy atom. The van der Waals surface area contributed by atoms with Gasteiger partial charge in [0.05, 0.1) is 11.4 Å². The van der Waals surface area contributed by atoms with Crippen LogP contribution in [-0.4, -0.2) is 34.8 Å². The summed E-state index contributed by atoms with van der Waals surface area (Å²) in [4.78, 5) is 12.1. The first-order valence-electron chi connectivity index (χ1n) is 7.66. The van der Waals surface area contributed by atoms with Gasteiger partial charge >= 0.3 is 0 Å². The molecule has 0 fully saturated rings. The van der Waals surface area contributed by atoms with Crippen LogP contribution in [0.5, 0.6) is 0 Å². The number of carbonyl (C=O) groups is 1. The molecule has 6 heteroatoms. The van der Waals surface area contributed by atoms with Crippen LogP contribution in [0.25, 0.3) is 5.69 Å². The van der Waals surface area contributed by atoms with Gasteiger partial charge in [0.1, 0.15) is 0 Å². The minimum Gasteiger partial charge on any atom is -0.350 e. The number of nitrogens with one attached hydrogen (secondary N) is 2. The lowest BCUT2D eigenvalue weighted by atomic mass is 10.2. The molecule has 2 rings (SSSR count). The molecule has 0 saturated carbocycles. The van der Waals surface area contributed by atoms with Crippen LogP contribution in [0.4, 0.5) is 0 Å². The van der Waals surface area contributed by atoms with Gasteiger partial charge in [0.2, 0.25) is 0 Å². The molecule has 5 nitrogen and oxygen atoms in total. The van der Waals surface area contributed by atoms with Crippen LogP contribution in [0.15, 0.2) is 30.3 Å². The van der Waals surface area contributed by atoms with E-state index in [4.69, 9.17) is 0 Å². The molecule has 126 valence electrons. The molecule has 0 radical (unpaired) electrons. The Bertz CT molecular complexity index is 637. The van der Waals surface area contributed by atoms with Gasteiger partial charge in [-0.1, -0.05) is 6.92 Å². The number of amides is 1. The number of likely N-dealkylation sites (N-methyl/N-ethyl adjacent to an activating group) is 1. The van der Waals surface area contributed by atoms with E-state index in [1.165, 1.54) is 0 Å². The maximum absolute atomic E-state index is 12.1. The second-order valence-electron chi connectivity index (χ2n) is 5.55. The lowest BCUT2D eigenvalue weighted by molar-refractivity contribution is 0.0950. The molecule has 0 unspecified atom stereocenters. The fourth-order valence-corrected chi connectivity index (χ4v) is 2.41. The predicted molar refractivity (Wildman–Crippen MR) is 95.8 cm³/mol. The molecule has 1 aromatic carbocycles. The van der Waals surface area contributed by atoms with Crippen molar-refractivity contribution in [1.82, 2.24) is 20.4 Å². The smallest absolute Gasteiger partial charge is 0.251 e. The highest BCUT2D eigenvalue weighted by Gasteiger charge is 2.09. The summed E-state index contributed by atoms with van der Waals surface area (Å²) < 4.78 is 1.88. The summed E-state index contributed by atoms with van der Waals surface area (Å²) >= 11 is 0. The van der Waals surface area contributed by atoms with E-state index >= 15 is 0 Å². The highest BCUT2D eigenvalue weighted by molar-refractivity contribution is 5.94. The highest BCUT2D eigenvalue weighted by atomic mass is 35.5. The molecule has 2 N–H and O–H groups in total. The lowest BCUT2D eigenvalue weighted by Crippen LogP contribution is -2.38. The van der Waals surface area contributed by atoms with Crippen molar-refractivity contribution in [2.45, 2.75) is 33.7 Å². The molecule has 2 aromatic rings. The van der Waals surface area contributed by atoms with E-state index in [1.807, 2.05) is 48.9 Å². The average Bonchev–Trinajstić information content (AvgIpc) is 2.84. The van der Waals surface area contributed by atoms with Crippen LogP contribution < -0.4 is 10.6 Å². The summed E-state index contributed by atoms with van der Waals surface area (Å²) in [6.07, 6.45) is 0. The zero-order valence-corrected chi connectivity index (χ0v) is 14.9. The van der Waals surface area contributed by atoms with E-state index in [9.17, 15) is 4.79 Å². The van der Waals surface area contributed by atoms with Crippen LogP contribution in [0.3, 0.4) is 0 Å². The van der Waals surface area contributed by atoms with Gasteiger partial charge in [-0.15, -0.1) is 12.4 Å². The molecular weight excluding hydrogens is 312 g/mol. The largest absolute Gasteiger partial charge is 0.350 e. The number of nitrogens with zero attached hydrogens (tertiary/aromatic N) is 2. The van der Waals surface area contributed by atoms with E-state index in [-0.39, 0.29) is 24.4 Å². The van der Waals surface area contributed by atoms with Gasteiger partial charge in [-0.25, -0.2) is 4.68 Å². The Hall–Kier alpha value is -1.85. The molecule has 0 bridgehead atoms. The Balaban J connectivity index is 0.00000264. The van der Waals surface area contributed by atoms with Crippen molar-refractivity contribution in [3.63, 3.8) is 0 Å². The first-order valence-corrected chi connectivity index (χ1v) is 7.66. The molecule has 1 atom stereocenters. The minimum atomic E-state index is -0.0512. The van der Waals surface area contributed by atoms with E-state index in [0.29, 0.717) is 12.1 Å². The summed E-state index contributed by atoms with van der Waals surface area (Å²) in [6, 6.07) is 9.80. The molecule has 0 aliphatic rings. The van der Waals surface area contributed by atoms with Crippen molar-refractivity contribution in [1.29, 1.82) is 0 Å². The standard InChI is InChI=1S/C17H24N4O.ClH/c1-5-18-13(3)11-19-17(22)15-6-8-16(9-7-15)21-14(4)10-12(2)20-21;/h6-10,13,18H,5,11H2,1-4H3,(H,19,22);1H/t13-;/m1./s1. The van der Waals surface area contributed by atoms with Crippen LogP contribution in [0.1, 0.15) is 35.6 Å². The number of benzene rings is 1. The number of halogens is 1. The van der Waals surface area contributed by atoms with Crippen molar-refractivity contribution >= 4 is 18.3 Å². The number of hydrogen-bond acceptors (Lipinski definition) is 3. The molecule has 1 amide bonds. The van der Waals surface area contributed by atoms with Gasteiger partial charge in [-0.2, -0.15) is 5.10 Å². The van der Waals surface area contributed by atoms with Gasteiger partial charge in [0, 0.05) is 23.8 Å². The third-order valence-corrected chi connectivity index (χ3v) is 3.51. The van der Waals surface area contributed by atoms with Crippen molar-refractivity contribution in [2.75, 3.05) is 13.1 Å². The van der Waals surface area contributed by atoms with Crippen molar-refractivity contribution in [3.8, 4) is 5.69 Å². The Labute approximate surface area is 143 Å². The topological polar surface area (TPSA) is 58.9 Å². The van der Waals surface area contributed by atoms with Gasteiger partial charge < -0.3 is 10.6 Å². The summed E-state index contributed by atoms with van der Waals surface area (Å²) in [5.74, 6) is -0.0512. The zero-order valence-electron chi connectivity index (χ0n) is 14.1. The quantitative estimate of drug-likeness (QED) is 0.852. The van der Waals surface area contributed by atoms with Crippen molar-refractivity contribution in [3.05, 3.63) is 47.3 Å². The normalized spacial score (nSPS) is 11.7. The summed E-state index contributed by atoms with van der Waals surface area (Å²) in [6.45, 7) is 9.60. The zero-order chi connectivity index (χ0) is 16.1. The number of aryl methyl sites for hydroxylation is 2. The number of aromatic nitrogens is 2. The van der Waals surface area contributed by atoms with Crippen molar-refractivity contribution in [2.24, 2.45) is 0 Å². The van der Waals surface area contributed by atoms with E-state index < -0.39 is 0 Å². The second kappa shape index (κ2) is 8.70. The Morgan fingerprint density at radius 2 is 1.91 bits per heavy atom. The Kier molecular flexibility index (Phi) is 7.26. The summed E-state index contributed by atoms with van der Waals surface area (Å²) in [5.41, 5.74) is 3.68. The third-order valence-electron chi connectivity index (χ3n) is 3.51. The summed E-state index contributed by atoms with van der Waals surface area (Å²) in [5, 5.41) is 10.6. The average molecular weight is 337 g/mol. The highest BCUT2D eigenvalue weighted by Crippen LogP contribution is 2.13. The fraction of sp³-hybridized carbons (Fsp3) is 0.412. The van der Waals surface area contributed by atoms with E-state index in [1.54, 1.807) is 0 Å². The maximum atomic E-state index is 12.1. The minimum absolute atomic E-state index is 0. The van der Waals surface area contributed by atoms with Crippen LogP contribution in [0.2, 0.25) is 0 Å². The van der Waals surface area contributed by atoms with Gasteiger partial charge in [0.25, 0.3) is 5.91 Å². The molecule has 0 spiro atoms. The molecule has 0 aliphatic carbocycles. The van der Waals surface area contributed by atoms with Crippen molar-refractivity contribution < 1.29 is 4.79 Å². The van der Waals surface area contributed by atoms with Gasteiger partial charge in [-0.05, 0) is 57.6 Å². The van der Waals surface area contributed by atoms with E-state index in [2.05, 4.69) is 29.6 Å².